The summed E-state index contributed by atoms with van der Waals surface area (Å²) in [4.78, 5) is 26.4. The maximum Gasteiger partial charge on any atom is 0.245 e. The van der Waals surface area contributed by atoms with Crippen LogP contribution in [0.15, 0.2) is 36.4 Å². The molecule has 2 aromatic rings. The molecule has 2 aromatic carbocycles. The standard InChI is InChI=1S/C20H21Cl2N3O4S/c1-13-5-6-16(11-18(13)24-7-3-4-20(24)27)23-19(26)12-25(30(2,28)29)17-9-14(21)8-15(22)10-17/h5-6,8-11H,3-4,7,12H2,1-2H3,(H,23,26). The Morgan fingerprint density at radius 1 is 1.17 bits per heavy atom. The monoisotopic (exact) mass is 469 g/mol. The molecule has 0 bridgehead atoms. The van der Waals surface area contributed by atoms with E-state index in [2.05, 4.69) is 5.32 Å². The molecule has 1 aliphatic heterocycles. The average Bonchev–Trinajstić information content (AvgIpc) is 3.05. The fourth-order valence-corrected chi connectivity index (χ4v) is 4.65. The zero-order chi connectivity index (χ0) is 22.1. The van der Waals surface area contributed by atoms with E-state index in [1.807, 2.05) is 13.0 Å². The van der Waals surface area contributed by atoms with Gasteiger partial charge in [-0.05, 0) is 49.2 Å². The van der Waals surface area contributed by atoms with Gasteiger partial charge in [0.15, 0.2) is 0 Å². The molecular weight excluding hydrogens is 449 g/mol. The summed E-state index contributed by atoms with van der Waals surface area (Å²) >= 11 is 12.0. The average molecular weight is 470 g/mol. The lowest BCUT2D eigenvalue weighted by Crippen LogP contribution is -2.37. The van der Waals surface area contributed by atoms with Crippen LogP contribution < -0.4 is 14.5 Å². The van der Waals surface area contributed by atoms with Gasteiger partial charge in [-0.15, -0.1) is 0 Å². The van der Waals surface area contributed by atoms with Crippen LogP contribution in [0.4, 0.5) is 17.1 Å². The number of nitrogens with zero attached hydrogens (tertiary/aromatic N) is 2. The van der Waals surface area contributed by atoms with Gasteiger partial charge in [0, 0.05) is 34.4 Å². The van der Waals surface area contributed by atoms with Gasteiger partial charge in [-0.2, -0.15) is 0 Å². The topological polar surface area (TPSA) is 86.8 Å². The van der Waals surface area contributed by atoms with Gasteiger partial charge in [0.2, 0.25) is 21.8 Å². The molecule has 7 nitrogen and oxygen atoms in total. The minimum absolute atomic E-state index is 0.0441. The van der Waals surface area contributed by atoms with Gasteiger partial charge < -0.3 is 10.2 Å². The fourth-order valence-electron chi connectivity index (χ4n) is 3.30. The highest BCUT2D eigenvalue weighted by molar-refractivity contribution is 7.92. The number of hydrogen-bond donors (Lipinski definition) is 1. The quantitative estimate of drug-likeness (QED) is 0.695. The number of amides is 2. The summed E-state index contributed by atoms with van der Waals surface area (Å²) in [5, 5.41) is 3.21. The summed E-state index contributed by atoms with van der Waals surface area (Å²) in [6, 6.07) is 9.55. The van der Waals surface area contributed by atoms with E-state index in [1.165, 1.54) is 18.2 Å². The van der Waals surface area contributed by atoms with Crippen molar-refractivity contribution in [3.8, 4) is 0 Å². The molecule has 0 aromatic heterocycles. The zero-order valence-electron chi connectivity index (χ0n) is 16.5. The van der Waals surface area contributed by atoms with E-state index >= 15 is 0 Å². The van der Waals surface area contributed by atoms with Gasteiger partial charge in [-0.25, -0.2) is 8.42 Å². The zero-order valence-corrected chi connectivity index (χ0v) is 18.8. The minimum atomic E-state index is -3.77. The predicted octanol–water partition coefficient (Wildman–Crippen LogP) is 3.83. The normalized spacial score (nSPS) is 14.1. The summed E-state index contributed by atoms with van der Waals surface area (Å²) in [7, 11) is -3.77. The summed E-state index contributed by atoms with van der Waals surface area (Å²) in [6.07, 6.45) is 2.29. The van der Waals surface area contributed by atoms with Crippen molar-refractivity contribution in [3.63, 3.8) is 0 Å². The van der Waals surface area contributed by atoms with E-state index in [9.17, 15) is 18.0 Å². The lowest BCUT2D eigenvalue weighted by Gasteiger charge is -2.23. The van der Waals surface area contributed by atoms with Gasteiger partial charge in [-0.1, -0.05) is 29.3 Å². The number of rotatable bonds is 6. The highest BCUT2D eigenvalue weighted by Gasteiger charge is 2.24. The Morgan fingerprint density at radius 3 is 2.40 bits per heavy atom. The predicted molar refractivity (Wildman–Crippen MR) is 120 cm³/mol. The lowest BCUT2D eigenvalue weighted by atomic mass is 10.1. The third-order valence-electron chi connectivity index (χ3n) is 4.68. The molecule has 2 amide bonds. The van der Waals surface area contributed by atoms with Gasteiger partial charge in [-0.3, -0.25) is 13.9 Å². The molecule has 10 heteroatoms. The van der Waals surface area contributed by atoms with Crippen molar-refractivity contribution in [3.05, 3.63) is 52.0 Å². The van der Waals surface area contributed by atoms with Crippen LogP contribution in [-0.4, -0.2) is 39.6 Å². The Labute approximate surface area is 185 Å². The molecule has 1 N–H and O–H groups in total. The van der Waals surface area contributed by atoms with Crippen LogP contribution in [-0.2, 0) is 19.6 Å². The molecule has 0 saturated carbocycles. The molecule has 0 aliphatic carbocycles. The molecule has 0 spiro atoms. The molecule has 160 valence electrons. The molecule has 3 rings (SSSR count). The van der Waals surface area contributed by atoms with Crippen LogP contribution in [0.25, 0.3) is 0 Å². The second kappa shape index (κ2) is 8.83. The maximum absolute atomic E-state index is 12.6. The van der Waals surface area contributed by atoms with Crippen LogP contribution in [0.1, 0.15) is 18.4 Å². The van der Waals surface area contributed by atoms with Gasteiger partial charge in [0.25, 0.3) is 0 Å². The summed E-state index contributed by atoms with van der Waals surface area (Å²) in [5.74, 6) is -0.498. The molecule has 1 fully saturated rings. The van der Waals surface area contributed by atoms with Crippen LogP contribution in [0.3, 0.4) is 0 Å². The van der Waals surface area contributed by atoms with Crippen LogP contribution in [0, 0.1) is 6.92 Å². The first kappa shape index (κ1) is 22.4. The summed E-state index contributed by atoms with van der Waals surface area (Å²) in [5.41, 5.74) is 2.31. The van der Waals surface area contributed by atoms with Crippen LogP contribution in [0.5, 0.6) is 0 Å². The van der Waals surface area contributed by atoms with Gasteiger partial charge in [0.05, 0.1) is 11.9 Å². The summed E-state index contributed by atoms with van der Waals surface area (Å²) in [6.45, 7) is 2.07. The highest BCUT2D eigenvalue weighted by Crippen LogP contribution is 2.29. The Hall–Kier alpha value is -2.29. The Bertz CT molecular complexity index is 1080. The number of anilines is 3. The Morgan fingerprint density at radius 2 is 1.83 bits per heavy atom. The van der Waals surface area contributed by atoms with Crippen molar-refractivity contribution in [1.29, 1.82) is 0 Å². The van der Waals surface area contributed by atoms with Gasteiger partial charge in [0.1, 0.15) is 6.54 Å². The molecule has 1 saturated heterocycles. The maximum atomic E-state index is 12.6. The second-order valence-corrected chi connectivity index (χ2v) is 9.88. The van der Waals surface area contributed by atoms with E-state index in [0.29, 0.717) is 18.7 Å². The third-order valence-corrected chi connectivity index (χ3v) is 6.26. The van der Waals surface area contributed by atoms with E-state index in [1.54, 1.807) is 17.0 Å². The van der Waals surface area contributed by atoms with Crippen molar-refractivity contribution >= 4 is 62.1 Å². The third kappa shape index (κ3) is 5.24. The summed E-state index contributed by atoms with van der Waals surface area (Å²) < 4.78 is 25.5. The number of nitrogens with one attached hydrogen (secondary N) is 1. The molecule has 30 heavy (non-hydrogen) atoms. The fraction of sp³-hybridized carbons (Fsp3) is 0.300. The minimum Gasteiger partial charge on any atom is -0.324 e. The first-order valence-corrected chi connectivity index (χ1v) is 11.8. The second-order valence-electron chi connectivity index (χ2n) is 7.10. The van der Waals surface area contributed by atoms with E-state index in [4.69, 9.17) is 23.2 Å². The highest BCUT2D eigenvalue weighted by atomic mass is 35.5. The number of aryl methyl sites for hydroxylation is 1. The Kier molecular flexibility index (Phi) is 6.59. The molecule has 0 radical (unpaired) electrons. The number of carbonyl (C=O) groups excluding carboxylic acids is 2. The smallest absolute Gasteiger partial charge is 0.245 e. The first-order chi connectivity index (χ1) is 14.0. The molecular formula is C20H21Cl2N3O4S. The first-order valence-electron chi connectivity index (χ1n) is 9.19. The molecule has 1 heterocycles. The van der Waals surface area contributed by atoms with Crippen LogP contribution in [0.2, 0.25) is 10.0 Å². The number of carbonyl (C=O) groups is 2. The van der Waals surface area contributed by atoms with Gasteiger partial charge >= 0.3 is 0 Å². The van der Waals surface area contributed by atoms with E-state index in [0.717, 1.165) is 28.2 Å². The SMILES string of the molecule is Cc1ccc(NC(=O)CN(c2cc(Cl)cc(Cl)c2)S(C)(=O)=O)cc1N1CCCC1=O. The van der Waals surface area contributed by atoms with Crippen molar-refractivity contribution < 1.29 is 18.0 Å². The van der Waals surface area contributed by atoms with E-state index in [-0.39, 0.29) is 21.6 Å². The van der Waals surface area contributed by atoms with Crippen molar-refractivity contribution in [2.45, 2.75) is 19.8 Å². The number of sulfonamides is 1. The van der Waals surface area contributed by atoms with Crippen molar-refractivity contribution in [2.24, 2.45) is 0 Å². The number of hydrogen-bond acceptors (Lipinski definition) is 4. The van der Waals surface area contributed by atoms with Crippen molar-refractivity contribution in [2.75, 3.05) is 33.9 Å². The van der Waals surface area contributed by atoms with Crippen molar-refractivity contribution in [1.82, 2.24) is 0 Å². The molecule has 0 unspecified atom stereocenters. The van der Waals surface area contributed by atoms with Crippen LogP contribution >= 0.6 is 23.2 Å². The number of halogens is 2. The molecule has 0 atom stereocenters. The lowest BCUT2D eigenvalue weighted by molar-refractivity contribution is -0.117. The number of benzene rings is 2. The van der Waals surface area contributed by atoms with E-state index < -0.39 is 22.5 Å². The molecule has 1 aliphatic rings. The Balaban J connectivity index is 1.82. The largest absolute Gasteiger partial charge is 0.324 e.